The standard InChI is InChI=1S/C23H31N3O5S2/c1-30-20-8-6-18(7-9-20)21(25-11-13-31-14-12-25)16-24-23(27)19-4-2-10-26(17-19)33(28,29)22-5-3-15-32-22/h3,5-9,15,19,21H,2,4,10-14,16-17H2,1H3,(H,24,27)/t19-,21+/m0/s1. The Morgan fingerprint density at radius 2 is 1.97 bits per heavy atom. The SMILES string of the molecule is COc1ccc([C@@H](CNC(=O)[C@H]2CCCN(S(=O)(=O)c3cccs3)C2)N2CCOCC2)cc1. The summed E-state index contributed by atoms with van der Waals surface area (Å²) in [5.74, 6) is 0.348. The second kappa shape index (κ2) is 11.0. The van der Waals surface area contributed by atoms with Crippen molar-refractivity contribution in [3.63, 3.8) is 0 Å². The van der Waals surface area contributed by atoms with Gasteiger partial charge in [0, 0.05) is 32.7 Å². The van der Waals surface area contributed by atoms with Gasteiger partial charge in [-0.15, -0.1) is 11.3 Å². The van der Waals surface area contributed by atoms with Crippen LogP contribution in [0.15, 0.2) is 46.0 Å². The zero-order valence-corrected chi connectivity index (χ0v) is 20.4. The minimum atomic E-state index is -3.55. The Kier molecular flexibility index (Phi) is 8.02. The molecule has 8 nitrogen and oxygen atoms in total. The molecule has 4 rings (SSSR count). The molecule has 1 aromatic heterocycles. The summed E-state index contributed by atoms with van der Waals surface area (Å²) in [6, 6.07) is 11.3. The number of amides is 1. The maximum Gasteiger partial charge on any atom is 0.252 e. The third-order valence-corrected chi connectivity index (χ3v) is 9.54. The van der Waals surface area contributed by atoms with E-state index in [1.807, 2.05) is 24.3 Å². The second-order valence-corrected chi connectivity index (χ2v) is 11.4. The topological polar surface area (TPSA) is 88.2 Å². The van der Waals surface area contributed by atoms with Crippen LogP contribution in [0.4, 0.5) is 0 Å². The molecule has 0 spiro atoms. The number of methoxy groups -OCH3 is 1. The van der Waals surface area contributed by atoms with Crippen molar-refractivity contribution in [2.75, 3.05) is 53.0 Å². The van der Waals surface area contributed by atoms with Crippen LogP contribution in [-0.4, -0.2) is 76.6 Å². The molecule has 1 amide bonds. The quantitative estimate of drug-likeness (QED) is 0.607. The number of ether oxygens (including phenoxy) is 2. The molecule has 2 aromatic rings. The molecule has 2 fully saturated rings. The monoisotopic (exact) mass is 493 g/mol. The van der Waals surface area contributed by atoms with E-state index in [1.54, 1.807) is 24.6 Å². The van der Waals surface area contributed by atoms with E-state index in [4.69, 9.17) is 9.47 Å². The van der Waals surface area contributed by atoms with Gasteiger partial charge in [-0.1, -0.05) is 18.2 Å². The van der Waals surface area contributed by atoms with E-state index >= 15 is 0 Å². The third kappa shape index (κ3) is 5.75. The number of hydrogen-bond acceptors (Lipinski definition) is 7. The summed E-state index contributed by atoms with van der Waals surface area (Å²) >= 11 is 1.21. The molecule has 2 aliphatic heterocycles. The van der Waals surface area contributed by atoms with Crippen LogP contribution in [0.25, 0.3) is 0 Å². The number of nitrogens with zero attached hydrogens (tertiary/aromatic N) is 2. The maximum atomic E-state index is 13.1. The predicted octanol–water partition coefficient (Wildman–Crippen LogP) is 2.35. The van der Waals surface area contributed by atoms with Crippen molar-refractivity contribution in [3.05, 3.63) is 47.3 Å². The molecule has 0 saturated carbocycles. The van der Waals surface area contributed by atoms with Crippen molar-refractivity contribution in [3.8, 4) is 5.75 Å². The van der Waals surface area contributed by atoms with Crippen molar-refractivity contribution in [2.24, 2.45) is 5.92 Å². The van der Waals surface area contributed by atoms with Gasteiger partial charge in [0.25, 0.3) is 10.0 Å². The Morgan fingerprint density at radius 3 is 2.64 bits per heavy atom. The second-order valence-electron chi connectivity index (χ2n) is 8.32. The Balaban J connectivity index is 1.42. The fourth-order valence-corrected chi connectivity index (χ4v) is 7.10. The minimum absolute atomic E-state index is 0.0123. The van der Waals surface area contributed by atoms with Crippen LogP contribution in [0.2, 0.25) is 0 Å². The molecule has 33 heavy (non-hydrogen) atoms. The fraction of sp³-hybridized carbons (Fsp3) is 0.522. The van der Waals surface area contributed by atoms with Crippen LogP contribution in [-0.2, 0) is 19.6 Å². The molecule has 0 radical (unpaired) electrons. The van der Waals surface area contributed by atoms with Gasteiger partial charge in [-0.05, 0) is 42.0 Å². The minimum Gasteiger partial charge on any atom is -0.497 e. The molecule has 3 heterocycles. The number of carbonyl (C=O) groups excluding carboxylic acids is 1. The Bertz CT molecular complexity index is 1010. The molecular formula is C23H31N3O5S2. The number of sulfonamides is 1. The Hall–Kier alpha value is -1.98. The summed E-state index contributed by atoms with van der Waals surface area (Å²) < 4.78 is 38.4. The van der Waals surface area contributed by atoms with E-state index in [0.717, 1.165) is 24.4 Å². The highest BCUT2D eigenvalue weighted by atomic mass is 32.2. The molecule has 1 N–H and O–H groups in total. The van der Waals surface area contributed by atoms with E-state index in [2.05, 4.69) is 10.2 Å². The van der Waals surface area contributed by atoms with Crippen LogP contribution in [0.5, 0.6) is 5.75 Å². The van der Waals surface area contributed by atoms with Gasteiger partial charge >= 0.3 is 0 Å². The molecule has 10 heteroatoms. The first kappa shape index (κ1) is 24.2. The summed E-state index contributed by atoms with van der Waals surface area (Å²) in [7, 11) is -1.91. The van der Waals surface area contributed by atoms with Gasteiger partial charge in [0.15, 0.2) is 0 Å². The molecule has 2 aliphatic rings. The molecule has 0 bridgehead atoms. The maximum absolute atomic E-state index is 13.1. The van der Waals surface area contributed by atoms with Gasteiger partial charge in [0.05, 0.1) is 32.3 Å². The zero-order valence-electron chi connectivity index (χ0n) is 18.8. The lowest BCUT2D eigenvalue weighted by molar-refractivity contribution is -0.126. The number of morpholine rings is 1. The van der Waals surface area contributed by atoms with Gasteiger partial charge in [-0.3, -0.25) is 9.69 Å². The number of benzene rings is 1. The van der Waals surface area contributed by atoms with E-state index in [0.29, 0.717) is 43.4 Å². The van der Waals surface area contributed by atoms with E-state index in [9.17, 15) is 13.2 Å². The average molecular weight is 494 g/mol. The highest BCUT2D eigenvalue weighted by molar-refractivity contribution is 7.91. The van der Waals surface area contributed by atoms with Gasteiger partial charge in [-0.2, -0.15) is 4.31 Å². The molecule has 1 aromatic carbocycles. The zero-order chi connectivity index (χ0) is 23.3. The number of hydrogen-bond donors (Lipinski definition) is 1. The fourth-order valence-electron chi connectivity index (χ4n) is 4.43. The summed E-state index contributed by atoms with van der Waals surface area (Å²) in [5.41, 5.74) is 1.10. The highest BCUT2D eigenvalue weighted by Crippen LogP contribution is 2.27. The van der Waals surface area contributed by atoms with Gasteiger partial charge in [0.1, 0.15) is 9.96 Å². The van der Waals surface area contributed by atoms with Crippen LogP contribution < -0.4 is 10.1 Å². The van der Waals surface area contributed by atoms with Gasteiger partial charge in [-0.25, -0.2) is 8.42 Å². The van der Waals surface area contributed by atoms with Crippen molar-refractivity contribution in [2.45, 2.75) is 23.1 Å². The smallest absolute Gasteiger partial charge is 0.252 e. The van der Waals surface area contributed by atoms with E-state index in [1.165, 1.54) is 15.6 Å². The Morgan fingerprint density at radius 1 is 1.21 bits per heavy atom. The van der Waals surface area contributed by atoms with Crippen molar-refractivity contribution in [1.82, 2.24) is 14.5 Å². The highest BCUT2D eigenvalue weighted by Gasteiger charge is 2.34. The number of nitrogens with one attached hydrogen (secondary N) is 1. The largest absolute Gasteiger partial charge is 0.497 e. The normalized spacial score (nSPS) is 21.4. The first-order chi connectivity index (χ1) is 16.0. The number of thiophene rings is 1. The molecule has 2 atom stereocenters. The first-order valence-electron chi connectivity index (χ1n) is 11.3. The van der Waals surface area contributed by atoms with Gasteiger partial charge < -0.3 is 14.8 Å². The lowest BCUT2D eigenvalue weighted by Crippen LogP contribution is -2.48. The third-order valence-electron chi connectivity index (χ3n) is 6.30. The summed E-state index contributed by atoms with van der Waals surface area (Å²) in [4.78, 5) is 15.4. The predicted molar refractivity (Wildman–Crippen MR) is 127 cm³/mol. The van der Waals surface area contributed by atoms with Crippen molar-refractivity contribution in [1.29, 1.82) is 0 Å². The molecule has 180 valence electrons. The number of piperidine rings is 1. The summed E-state index contributed by atoms with van der Waals surface area (Å²) in [6.07, 6.45) is 1.36. The Labute approximate surface area is 199 Å². The molecule has 2 saturated heterocycles. The molecule has 0 aliphatic carbocycles. The van der Waals surface area contributed by atoms with Crippen LogP contribution in [0.1, 0.15) is 24.4 Å². The van der Waals surface area contributed by atoms with Gasteiger partial charge in [0.2, 0.25) is 5.91 Å². The van der Waals surface area contributed by atoms with E-state index < -0.39 is 10.0 Å². The van der Waals surface area contributed by atoms with Crippen molar-refractivity contribution >= 4 is 27.3 Å². The number of rotatable bonds is 8. The summed E-state index contributed by atoms with van der Waals surface area (Å²) in [6.45, 7) is 4.05. The average Bonchev–Trinajstić information content (AvgIpc) is 3.41. The van der Waals surface area contributed by atoms with Crippen molar-refractivity contribution < 1.29 is 22.7 Å². The summed E-state index contributed by atoms with van der Waals surface area (Å²) in [5, 5.41) is 4.87. The number of carbonyl (C=O) groups is 1. The van der Waals surface area contributed by atoms with Crippen LogP contribution in [0.3, 0.4) is 0 Å². The van der Waals surface area contributed by atoms with Crippen LogP contribution in [0, 0.1) is 5.92 Å². The van der Waals surface area contributed by atoms with E-state index in [-0.39, 0.29) is 24.4 Å². The molecule has 0 unspecified atom stereocenters. The van der Waals surface area contributed by atoms with Crippen LogP contribution >= 0.6 is 11.3 Å². The lowest BCUT2D eigenvalue weighted by atomic mass is 9.98. The first-order valence-corrected chi connectivity index (χ1v) is 13.6. The lowest BCUT2D eigenvalue weighted by Gasteiger charge is -2.36. The molecular weight excluding hydrogens is 462 g/mol.